The number of carbonyl (C=O) groups excluding carboxylic acids is 1. The van der Waals surface area contributed by atoms with Gasteiger partial charge in [0.1, 0.15) is 5.15 Å². The van der Waals surface area contributed by atoms with Crippen LogP contribution in [0.2, 0.25) is 20.2 Å². The fraction of sp³-hybridized carbons (Fsp3) is 0.0769. The number of rotatable bonds is 2. The minimum absolute atomic E-state index is 0.156. The van der Waals surface area contributed by atoms with Gasteiger partial charge in [-0.3, -0.25) is 0 Å². The molecule has 0 radical (unpaired) electrons. The van der Waals surface area contributed by atoms with Gasteiger partial charge >= 0.3 is 5.97 Å². The summed E-state index contributed by atoms with van der Waals surface area (Å²) in [5.74, 6) is -0.537. The Balaban J connectivity index is 2.70. The lowest BCUT2D eigenvalue weighted by Gasteiger charge is -2.11. The molecule has 1 aromatic heterocycles. The van der Waals surface area contributed by atoms with E-state index in [-0.39, 0.29) is 15.7 Å². The maximum absolute atomic E-state index is 11.5. The highest BCUT2D eigenvalue weighted by molar-refractivity contribution is 6.46. The molecule has 0 fully saturated rings. The molecule has 3 nitrogen and oxygen atoms in total. The van der Waals surface area contributed by atoms with Gasteiger partial charge in [0.25, 0.3) is 0 Å². The maximum atomic E-state index is 11.5. The number of carbonyl (C=O) groups is 1. The van der Waals surface area contributed by atoms with Crippen molar-refractivity contribution in [3.8, 4) is 11.1 Å². The van der Waals surface area contributed by atoms with Crippen LogP contribution in [0.4, 0.5) is 0 Å². The third-order valence-electron chi connectivity index (χ3n) is 2.57. The fourth-order valence-corrected chi connectivity index (χ4v) is 2.56. The Bertz CT molecular complexity index is 688. The van der Waals surface area contributed by atoms with Gasteiger partial charge in [-0.05, 0) is 18.2 Å². The molecule has 0 aliphatic rings. The first kappa shape index (κ1) is 15.4. The van der Waals surface area contributed by atoms with E-state index in [4.69, 9.17) is 46.4 Å². The van der Waals surface area contributed by atoms with Gasteiger partial charge in [-0.25, -0.2) is 9.78 Å². The largest absolute Gasteiger partial charge is 0.465 e. The van der Waals surface area contributed by atoms with Gasteiger partial charge in [0.15, 0.2) is 0 Å². The Morgan fingerprint density at radius 2 is 1.80 bits per heavy atom. The average Bonchev–Trinajstić information content (AvgIpc) is 2.44. The number of benzene rings is 1. The van der Waals surface area contributed by atoms with E-state index in [1.165, 1.54) is 19.4 Å². The van der Waals surface area contributed by atoms with Crippen molar-refractivity contribution in [1.82, 2.24) is 4.98 Å². The molecule has 2 rings (SSSR count). The number of ether oxygens (including phenoxy) is 1. The topological polar surface area (TPSA) is 39.2 Å². The second-order valence-electron chi connectivity index (χ2n) is 3.77. The van der Waals surface area contributed by atoms with Crippen molar-refractivity contribution in [2.24, 2.45) is 0 Å². The van der Waals surface area contributed by atoms with E-state index in [0.29, 0.717) is 21.2 Å². The van der Waals surface area contributed by atoms with E-state index >= 15 is 0 Å². The summed E-state index contributed by atoms with van der Waals surface area (Å²) in [7, 11) is 1.27. The van der Waals surface area contributed by atoms with Crippen LogP contribution in [0.15, 0.2) is 24.4 Å². The summed E-state index contributed by atoms with van der Waals surface area (Å²) in [6.07, 6.45) is 1.31. The number of halogens is 4. The lowest BCUT2D eigenvalue weighted by atomic mass is 10.1. The number of aromatic nitrogens is 1. The van der Waals surface area contributed by atoms with Crippen LogP contribution in [0, 0.1) is 0 Å². The summed E-state index contributed by atoms with van der Waals surface area (Å²) in [5.41, 5.74) is 1.06. The van der Waals surface area contributed by atoms with Crippen molar-refractivity contribution >= 4 is 52.4 Å². The maximum Gasteiger partial charge on any atom is 0.339 e. The molecule has 0 aliphatic heterocycles. The quantitative estimate of drug-likeness (QED) is 0.427. The predicted octanol–water partition coefficient (Wildman–Crippen LogP) is 5.15. The Labute approximate surface area is 135 Å². The molecule has 104 valence electrons. The summed E-state index contributed by atoms with van der Waals surface area (Å²) in [5, 5.41) is 1.07. The van der Waals surface area contributed by atoms with Crippen LogP contribution < -0.4 is 0 Å². The zero-order chi connectivity index (χ0) is 14.9. The molecular formula is C13H7Cl4NO2. The molecule has 0 bridgehead atoms. The first-order valence-electron chi connectivity index (χ1n) is 5.33. The third-order valence-corrected chi connectivity index (χ3v) is 3.99. The summed E-state index contributed by atoms with van der Waals surface area (Å²) >= 11 is 24.3. The molecule has 0 atom stereocenters. The van der Waals surface area contributed by atoms with Crippen LogP contribution >= 0.6 is 46.4 Å². The van der Waals surface area contributed by atoms with Crippen molar-refractivity contribution in [3.05, 3.63) is 50.2 Å². The number of esters is 1. The van der Waals surface area contributed by atoms with Gasteiger partial charge in [-0.2, -0.15) is 0 Å². The number of hydrogen-bond donors (Lipinski definition) is 0. The van der Waals surface area contributed by atoms with Crippen LogP contribution in [0.25, 0.3) is 11.1 Å². The van der Waals surface area contributed by atoms with Gasteiger partial charge in [-0.1, -0.05) is 46.4 Å². The van der Waals surface area contributed by atoms with Gasteiger partial charge in [0.2, 0.25) is 0 Å². The molecule has 0 amide bonds. The Hall–Kier alpha value is -1.000. The standard InChI is InChI=1S/C13H7Cl4NO2/c1-20-13(19)6-4-7(12(17)18-5-6)10-8(14)2-3-9(15)11(10)16/h2-5H,1H3. The molecule has 1 heterocycles. The first-order chi connectivity index (χ1) is 9.45. The Morgan fingerprint density at radius 1 is 1.15 bits per heavy atom. The van der Waals surface area contributed by atoms with E-state index < -0.39 is 5.97 Å². The molecule has 20 heavy (non-hydrogen) atoms. The number of nitrogens with zero attached hydrogens (tertiary/aromatic N) is 1. The lowest BCUT2D eigenvalue weighted by Crippen LogP contribution is -2.02. The SMILES string of the molecule is COC(=O)c1cnc(Cl)c(-c2c(Cl)ccc(Cl)c2Cl)c1. The molecule has 1 aromatic carbocycles. The second-order valence-corrected chi connectivity index (χ2v) is 5.32. The zero-order valence-corrected chi connectivity index (χ0v) is 13.1. The summed E-state index contributed by atoms with van der Waals surface area (Å²) in [4.78, 5) is 15.5. The number of hydrogen-bond acceptors (Lipinski definition) is 3. The normalized spacial score (nSPS) is 10.4. The highest BCUT2D eigenvalue weighted by atomic mass is 35.5. The molecule has 0 N–H and O–H groups in total. The molecule has 0 aliphatic carbocycles. The minimum Gasteiger partial charge on any atom is -0.465 e. The van der Waals surface area contributed by atoms with E-state index in [1.54, 1.807) is 12.1 Å². The van der Waals surface area contributed by atoms with Crippen molar-refractivity contribution in [3.63, 3.8) is 0 Å². The van der Waals surface area contributed by atoms with Crippen LogP contribution in [0.1, 0.15) is 10.4 Å². The van der Waals surface area contributed by atoms with Crippen molar-refractivity contribution in [2.45, 2.75) is 0 Å². The second kappa shape index (κ2) is 6.19. The summed E-state index contributed by atoms with van der Waals surface area (Å²) in [6, 6.07) is 4.66. The van der Waals surface area contributed by atoms with Gasteiger partial charge in [-0.15, -0.1) is 0 Å². The number of pyridine rings is 1. The zero-order valence-electron chi connectivity index (χ0n) is 10.1. The molecule has 7 heteroatoms. The van der Waals surface area contributed by atoms with Gasteiger partial charge in [0, 0.05) is 17.3 Å². The third kappa shape index (κ3) is 2.86. The van der Waals surface area contributed by atoms with Crippen molar-refractivity contribution < 1.29 is 9.53 Å². The van der Waals surface area contributed by atoms with Gasteiger partial charge < -0.3 is 4.74 Å². The monoisotopic (exact) mass is 349 g/mol. The minimum atomic E-state index is -0.537. The molecule has 2 aromatic rings. The Kier molecular flexibility index (Phi) is 4.76. The molecule has 0 saturated carbocycles. The predicted molar refractivity (Wildman–Crippen MR) is 81.1 cm³/mol. The van der Waals surface area contributed by atoms with Crippen LogP contribution in [0.5, 0.6) is 0 Å². The van der Waals surface area contributed by atoms with E-state index in [9.17, 15) is 4.79 Å². The fourth-order valence-electron chi connectivity index (χ4n) is 1.63. The molecular weight excluding hydrogens is 344 g/mol. The molecule has 0 saturated heterocycles. The first-order valence-corrected chi connectivity index (χ1v) is 6.84. The lowest BCUT2D eigenvalue weighted by molar-refractivity contribution is 0.0600. The average molecular weight is 351 g/mol. The van der Waals surface area contributed by atoms with E-state index in [1.807, 2.05) is 0 Å². The number of methoxy groups -OCH3 is 1. The summed E-state index contributed by atoms with van der Waals surface area (Å²) in [6.45, 7) is 0. The van der Waals surface area contributed by atoms with Gasteiger partial charge in [0.05, 0.1) is 27.7 Å². The highest BCUT2D eigenvalue weighted by Crippen LogP contribution is 2.41. The van der Waals surface area contributed by atoms with E-state index in [0.717, 1.165) is 0 Å². The smallest absolute Gasteiger partial charge is 0.339 e. The van der Waals surface area contributed by atoms with Crippen LogP contribution in [-0.2, 0) is 4.74 Å². The van der Waals surface area contributed by atoms with Crippen molar-refractivity contribution in [1.29, 1.82) is 0 Å². The molecule has 0 unspecified atom stereocenters. The van der Waals surface area contributed by atoms with Crippen LogP contribution in [-0.4, -0.2) is 18.1 Å². The van der Waals surface area contributed by atoms with Crippen molar-refractivity contribution in [2.75, 3.05) is 7.11 Å². The van der Waals surface area contributed by atoms with Crippen LogP contribution in [0.3, 0.4) is 0 Å². The molecule has 0 spiro atoms. The van der Waals surface area contributed by atoms with E-state index in [2.05, 4.69) is 9.72 Å². The highest BCUT2D eigenvalue weighted by Gasteiger charge is 2.18. The Morgan fingerprint density at radius 3 is 2.45 bits per heavy atom. The summed E-state index contributed by atoms with van der Waals surface area (Å²) < 4.78 is 4.64.